The van der Waals surface area contributed by atoms with Crippen molar-refractivity contribution in [3.05, 3.63) is 69.9 Å². The quantitative estimate of drug-likeness (QED) is 0.453. The number of amides is 2. The lowest BCUT2D eigenvalue weighted by Gasteiger charge is -2.40. The highest BCUT2D eigenvalue weighted by atomic mass is 32.1. The number of carbonyl (C=O) groups excluding carboxylic acids is 2. The van der Waals surface area contributed by atoms with Gasteiger partial charge in [-0.25, -0.2) is 4.98 Å². The summed E-state index contributed by atoms with van der Waals surface area (Å²) in [7, 11) is 1.92. The van der Waals surface area contributed by atoms with Gasteiger partial charge in [0.25, 0.3) is 0 Å². The summed E-state index contributed by atoms with van der Waals surface area (Å²) < 4.78 is 1.68. The van der Waals surface area contributed by atoms with Crippen LogP contribution in [0.2, 0.25) is 0 Å². The Morgan fingerprint density at radius 1 is 1.17 bits per heavy atom. The fraction of sp³-hybridized carbons (Fsp3) is 0.481. The number of benzene rings is 1. The summed E-state index contributed by atoms with van der Waals surface area (Å²) in [6.07, 6.45) is 7.43. The number of hydrogen-bond donors (Lipinski definition) is 0. The van der Waals surface area contributed by atoms with Crippen LogP contribution in [0, 0.1) is 19.8 Å². The van der Waals surface area contributed by atoms with E-state index in [9.17, 15) is 9.59 Å². The van der Waals surface area contributed by atoms with Crippen LogP contribution >= 0.6 is 11.3 Å². The van der Waals surface area contributed by atoms with E-state index in [0.29, 0.717) is 12.3 Å². The van der Waals surface area contributed by atoms with E-state index in [1.807, 2.05) is 41.5 Å². The SMILES string of the molecule is Cc1ccccc1C[C@H](C1CCN(C(=O)CCc2scnc2C)CC1)N(C)C(=O)Cn1cccn1. The molecule has 4 rings (SSSR count). The molecule has 0 aliphatic carbocycles. The molecule has 0 spiro atoms. The minimum Gasteiger partial charge on any atom is -0.343 e. The van der Waals surface area contributed by atoms with E-state index in [2.05, 4.69) is 41.3 Å². The number of likely N-dealkylation sites (N-methyl/N-ethyl adjacent to an activating group) is 1. The first-order chi connectivity index (χ1) is 16.9. The Balaban J connectivity index is 1.40. The molecule has 0 bridgehead atoms. The van der Waals surface area contributed by atoms with Crippen molar-refractivity contribution in [2.45, 2.75) is 58.5 Å². The number of piperidine rings is 1. The van der Waals surface area contributed by atoms with Crippen LogP contribution in [-0.2, 0) is 29.0 Å². The smallest absolute Gasteiger partial charge is 0.244 e. The van der Waals surface area contributed by atoms with Gasteiger partial charge in [-0.1, -0.05) is 24.3 Å². The Kier molecular flexibility index (Phi) is 8.33. The topological polar surface area (TPSA) is 71.3 Å². The zero-order valence-corrected chi connectivity index (χ0v) is 21.7. The molecule has 2 aromatic heterocycles. The average molecular weight is 494 g/mol. The fourth-order valence-corrected chi connectivity index (χ4v) is 5.77. The molecule has 1 atom stereocenters. The van der Waals surface area contributed by atoms with Gasteiger partial charge in [-0.05, 0) is 62.6 Å². The van der Waals surface area contributed by atoms with Crippen molar-refractivity contribution in [3.63, 3.8) is 0 Å². The Morgan fingerprint density at radius 3 is 2.60 bits per heavy atom. The second-order valence-corrected chi connectivity index (χ2v) is 10.4. The second-order valence-electron chi connectivity index (χ2n) is 9.49. The number of carbonyl (C=O) groups is 2. The Bertz CT molecular complexity index is 1120. The van der Waals surface area contributed by atoms with E-state index < -0.39 is 0 Å². The zero-order chi connectivity index (χ0) is 24.8. The molecule has 8 heteroatoms. The monoisotopic (exact) mass is 493 g/mol. The molecule has 0 N–H and O–H groups in total. The van der Waals surface area contributed by atoms with Crippen LogP contribution in [0.15, 0.2) is 48.2 Å². The van der Waals surface area contributed by atoms with Gasteiger partial charge in [-0.3, -0.25) is 14.3 Å². The molecule has 3 aromatic rings. The van der Waals surface area contributed by atoms with Crippen molar-refractivity contribution in [1.29, 1.82) is 0 Å². The maximum atomic E-state index is 13.2. The number of likely N-dealkylation sites (tertiary alicyclic amines) is 1. The molecule has 2 amide bonds. The lowest BCUT2D eigenvalue weighted by molar-refractivity contribution is -0.137. The first-order valence-electron chi connectivity index (χ1n) is 12.4. The van der Waals surface area contributed by atoms with E-state index in [1.165, 1.54) is 16.0 Å². The molecule has 1 fully saturated rings. The maximum absolute atomic E-state index is 13.2. The van der Waals surface area contributed by atoms with Gasteiger partial charge in [0.2, 0.25) is 11.8 Å². The van der Waals surface area contributed by atoms with Crippen molar-refractivity contribution in [1.82, 2.24) is 24.6 Å². The van der Waals surface area contributed by atoms with Gasteiger partial charge < -0.3 is 9.80 Å². The van der Waals surface area contributed by atoms with Crippen molar-refractivity contribution in [3.8, 4) is 0 Å². The Labute approximate surface area is 211 Å². The van der Waals surface area contributed by atoms with Gasteiger partial charge in [0.1, 0.15) is 6.54 Å². The summed E-state index contributed by atoms with van der Waals surface area (Å²) >= 11 is 1.63. The highest BCUT2D eigenvalue weighted by Crippen LogP contribution is 2.28. The number of aromatic nitrogens is 3. The third-order valence-electron chi connectivity index (χ3n) is 7.28. The van der Waals surface area contributed by atoms with Gasteiger partial charge in [0.15, 0.2) is 0 Å². The molecule has 0 saturated carbocycles. The second kappa shape index (κ2) is 11.6. The van der Waals surface area contributed by atoms with Crippen LogP contribution in [0.3, 0.4) is 0 Å². The highest BCUT2D eigenvalue weighted by molar-refractivity contribution is 7.09. The third-order valence-corrected chi connectivity index (χ3v) is 8.28. The first kappa shape index (κ1) is 25.1. The predicted molar refractivity (Wildman–Crippen MR) is 138 cm³/mol. The largest absolute Gasteiger partial charge is 0.343 e. The normalized spacial score (nSPS) is 15.2. The van der Waals surface area contributed by atoms with Crippen LogP contribution in [-0.4, -0.2) is 62.6 Å². The molecule has 3 heterocycles. The van der Waals surface area contributed by atoms with Crippen LogP contribution in [0.5, 0.6) is 0 Å². The van der Waals surface area contributed by atoms with Crippen LogP contribution in [0.4, 0.5) is 0 Å². The van der Waals surface area contributed by atoms with Crippen molar-refractivity contribution in [2.24, 2.45) is 5.92 Å². The molecule has 7 nitrogen and oxygen atoms in total. The first-order valence-corrected chi connectivity index (χ1v) is 13.2. The molecule has 35 heavy (non-hydrogen) atoms. The summed E-state index contributed by atoms with van der Waals surface area (Å²) in [5.74, 6) is 0.620. The standard InChI is InChI=1S/C27H35N5O2S/c1-20-7-4-5-8-23(20)17-24(30(3)27(34)18-32-14-6-13-29-32)22-11-15-31(16-12-22)26(33)10-9-25-21(2)28-19-35-25/h4-8,13-14,19,22,24H,9-12,15-18H2,1-3H3/t24-/m1/s1. The van der Waals surface area contributed by atoms with Crippen molar-refractivity contribution >= 4 is 23.2 Å². The lowest BCUT2D eigenvalue weighted by Crippen LogP contribution is -2.49. The third kappa shape index (κ3) is 6.36. The minimum absolute atomic E-state index is 0.0608. The number of hydrogen-bond acceptors (Lipinski definition) is 5. The highest BCUT2D eigenvalue weighted by Gasteiger charge is 2.33. The summed E-state index contributed by atoms with van der Waals surface area (Å²) in [6, 6.07) is 10.3. The van der Waals surface area contributed by atoms with Crippen LogP contribution in [0.1, 0.15) is 41.0 Å². The van der Waals surface area contributed by atoms with Gasteiger partial charge in [-0.15, -0.1) is 11.3 Å². The molecule has 1 aliphatic rings. The molecule has 1 aromatic carbocycles. The van der Waals surface area contributed by atoms with Gasteiger partial charge in [0, 0.05) is 49.9 Å². The molecule has 1 saturated heterocycles. The zero-order valence-electron chi connectivity index (χ0n) is 20.9. The molecular weight excluding hydrogens is 458 g/mol. The van der Waals surface area contributed by atoms with Crippen molar-refractivity contribution in [2.75, 3.05) is 20.1 Å². The fourth-order valence-electron chi connectivity index (χ4n) is 4.99. The molecular formula is C27H35N5O2S. The molecule has 0 radical (unpaired) electrons. The molecule has 0 unspecified atom stereocenters. The van der Waals surface area contributed by atoms with Gasteiger partial charge >= 0.3 is 0 Å². The maximum Gasteiger partial charge on any atom is 0.244 e. The number of nitrogens with zero attached hydrogens (tertiary/aromatic N) is 5. The van der Waals surface area contributed by atoms with Crippen LogP contribution < -0.4 is 0 Å². The van der Waals surface area contributed by atoms with E-state index in [-0.39, 0.29) is 24.4 Å². The lowest BCUT2D eigenvalue weighted by atomic mass is 9.84. The van der Waals surface area contributed by atoms with E-state index in [1.54, 1.807) is 22.2 Å². The van der Waals surface area contributed by atoms with E-state index in [0.717, 1.165) is 44.5 Å². The van der Waals surface area contributed by atoms with Gasteiger partial charge in [0.05, 0.1) is 11.2 Å². The minimum atomic E-state index is 0.0608. The Hall–Kier alpha value is -3.00. The average Bonchev–Trinajstić information content (AvgIpc) is 3.53. The van der Waals surface area contributed by atoms with E-state index in [4.69, 9.17) is 0 Å². The summed E-state index contributed by atoms with van der Waals surface area (Å²) in [4.78, 5) is 35.4. The Morgan fingerprint density at radius 2 is 1.94 bits per heavy atom. The van der Waals surface area contributed by atoms with Crippen molar-refractivity contribution < 1.29 is 9.59 Å². The predicted octanol–water partition coefficient (Wildman–Crippen LogP) is 3.90. The number of rotatable bonds is 9. The molecule has 186 valence electrons. The van der Waals surface area contributed by atoms with E-state index >= 15 is 0 Å². The van der Waals surface area contributed by atoms with Crippen LogP contribution in [0.25, 0.3) is 0 Å². The molecule has 1 aliphatic heterocycles. The summed E-state index contributed by atoms with van der Waals surface area (Å²) in [5, 5.41) is 4.20. The summed E-state index contributed by atoms with van der Waals surface area (Å²) in [6.45, 7) is 5.86. The number of thiazole rings is 1. The van der Waals surface area contributed by atoms with Gasteiger partial charge in [-0.2, -0.15) is 5.10 Å². The number of aryl methyl sites for hydroxylation is 3. The summed E-state index contributed by atoms with van der Waals surface area (Å²) in [5.41, 5.74) is 5.40.